The van der Waals surface area contributed by atoms with Crippen LogP contribution in [0.15, 0.2) is 0 Å². The minimum absolute atomic E-state index is 0.692. The molecule has 45 heavy (non-hydrogen) atoms. The number of ether oxygens (including phenoxy) is 7. The van der Waals surface area contributed by atoms with Gasteiger partial charge in [-0.25, -0.2) is 0 Å². The Morgan fingerprint density at radius 1 is 0.378 bits per heavy atom. The van der Waals surface area contributed by atoms with Crippen LogP contribution in [0.4, 0.5) is 0 Å². The highest BCUT2D eigenvalue weighted by Gasteiger charge is 2.52. The van der Waals surface area contributed by atoms with E-state index in [4.69, 9.17) is 33.2 Å². The van der Waals surface area contributed by atoms with Crippen molar-refractivity contribution >= 4 is 0 Å². The molecule has 4 saturated heterocycles. The van der Waals surface area contributed by atoms with Crippen molar-refractivity contribution in [2.75, 3.05) is 26.4 Å². The maximum absolute atomic E-state index is 10.7. The summed E-state index contributed by atoms with van der Waals surface area (Å²) in [6, 6.07) is 0. The second kappa shape index (κ2) is 15.6. The van der Waals surface area contributed by atoms with E-state index in [-0.39, 0.29) is 0 Å². The van der Waals surface area contributed by atoms with Crippen LogP contribution in [0.2, 0.25) is 0 Å². The van der Waals surface area contributed by atoms with Crippen molar-refractivity contribution in [2.24, 2.45) is 0 Å². The van der Waals surface area contributed by atoms with Crippen LogP contribution in [-0.2, 0) is 33.2 Å². The summed E-state index contributed by atoms with van der Waals surface area (Å²) >= 11 is 0. The van der Waals surface area contributed by atoms with E-state index >= 15 is 0 Å². The molecule has 4 fully saturated rings. The summed E-state index contributed by atoms with van der Waals surface area (Å²) in [5.41, 5.74) is 0. The average Bonchev–Trinajstić information content (AvgIpc) is 3.02. The van der Waals surface area contributed by atoms with Crippen LogP contribution in [0.1, 0.15) is 0 Å². The highest BCUT2D eigenvalue weighted by molar-refractivity contribution is 4.95. The van der Waals surface area contributed by atoms with Crippen molar-refractivity contribution in [2.45, 2.75) is 123 Å². The predicted molar refractivity (Wildman–Crippen MR) is 134 cm³/mol. The number of hydrogen-bond donors (Lipinski definition) is 14. The Kier molecular flexibility index (Phi) is 12.8. The zero-order chi connectivity index (χ0) is 33.3. The molecule has 21 nitrogen and oxygen atoms in total. The molecule has 0 unspecified atom stereocenters. The third kappa shape index (κ3) is 7.75. The van der Waals surface area contributed by atoms with Crippen LogP contribution >= 0.6 is 0 Å². The molecule has 0 aromatic rings. The first-order valence-electron chi connectivity index (χ1n) is 14.1. The van der Waals surface area contributed by atoms with Gasteiger partial charge in [0, 0.05) is 0 Å². The highest BCUT2D eigenvalue weighted by atomic mass is 16.8. The van der Waals surface area contributed by atoms with Gasteiger partial charge in [0.15, 0.2) is 25.2 Å². The standard InChI is InChI=1S/C24H42O21/c25-1-5-9(27)12(30)17(35)22(42-5)39-3-7-11(29)14(32)19(37)24(44-7)45-20-8(41-21(38)16(34)15(20)33)4-40-23-18(36)13(31)10(28)6(2-26)43-23/h5-38H,1-4H2/t5-,6-,7-,8-,9+,10+,11-,12+,13+,14+,15-,16+,17-,18-,19+,20-,21-,22+,23+,24-/m1/s1. The van der Waals surface area contributed by atoms with Gasteiger partial charge in [0.25, 0.3) is 0 Å². The summed E-state index contributed by atoms with van der Waals surface area (Å²) < 4.78 is 37.6. The first kappa shape index (κ1) is 37.0. The van der Waals surface area contributed by atoms with Crippen LogP contribution in [0.5, 0.6) is 0 Å². The maximum Gasteiger partial charge on any atom is 0.187 e. The van der Waals surface area contributed by atoms with Crippen LogP contribution in [-0.4, -0.2) is 221 Å². The number of aliphatic hydroxyl groups is 14. The van der Waals surface area contributed by atoms with Crippen molar-refractivity contribution in [3.05, 3.63) is 0 Å². The number of aliphatic hydroxyl groups excluding tert-OH is 14. The summed E-state index contributed by atoms with van der Waals surface area (Å²) in [7, 11) is 0. The van der Waals surface area contributed by atoms with Gasteiger partial charge < -0.3 is 105 Å². The zero-order valence-corrected chi connectivity index (χ0v) is 23.5. The molecule has 0 amide bonds. The van der Waals surface area contributed by atoms with E-state index < -0.39 is 149 Å². The smallest absolute Gasteiger partial charge is 0.187 e. The quantitative estimate of drug-likeness (QED) is 0.103. The Morgan fingerprint density at radius 3 is 1.24 bits per heavy atom. The van der Waals surface area contributed by atoms with Gasteiger partial charge in [0.05, 0.1) is 26.4 Å². The first-order valence-corrected chi connectivity index (χ1v) is 14.1. The zero-order valence-electron chi connectivity index (χ0n) is 23.5. The first-order chi connectivity index (χ1) is 21.2. The normalized spacial score (nSPS) is 52.9. The molecule has 0 saturated carbocycles. The van der Waals surface area contributed by atoms with Crippen LogP contribution in [0.25, 0.3) is 0 Å². The van der Waals surface area contributed by atoms with E-state index in [1.807, 2.05) is 0 Å². The lowest BCUT2D eigenvalue weighted by Crippen LogP contribution is -2.65. The average molecular weight is 667 g/mol. The molecule has 0 bridgehead atoms. The van der Waals surface area contributed by atoms with Crippen molar-refractivity contribution in [1.82, 2.24) is 0 Å². The van der Waals surface area contributed by atoms with Gasteiger partial charge in [-0.05, 0) is 0 Å². The topological polar surface area (TPSA) is 348 Å². The monoisotopic (exact) mass is 666 g/mol. The maximum atomic E-state index is 10.7. The predicted octanol–water partition coefficient (Wildman–Crippen LogP) is -9.75. The van der Waals surface area contributed by atoms with E-state index in [9.17, 15) is 71.5 Å². The third-order valence-electron chi connectivity index (χ3n) is 8.17. The molecule has 14 N–H and O–H groups in total. The lowest BCUT2D eigenvalue weighted by Gasteiger charge is -2.46. The van der Waals surface area contributed by atoms with Crippen LogP contribution in [0.3, 0.4) is 0 Å². The Balaban J connectivity index is 1.43. The Hall–Kier alpha value is -0.840. The summed E-state index contributed by atoms with van der Waals surface area (Å²) in [6.45, 7) is -2.90. The van der Waals surface area contributed by atoms with Gasteiger partial charge in [0.1, 0.15) is 97.7 Å². The van der Waals surface area contributed by atoms with Gasteiger partial charge in [-0.3, -0.25) is 0 Å². The molecule has 21 heteroatoms. The van der Waals surface area contributed by atoms with Gasteiger partial charge >= 0.3 is 0 Å². The SMILES string of the molecule is OC[C@H]1O[C@H](OC[C@H]2O[C@H](O[C@H]3[C@H](O)[C@H](O)[C@H](O)O[C@@H]3CO[C@H]3O[C@H](CO)[C@H](O)[C@H](O)[C@H]3O)[C@@H](O)[C@@H](O)[C@@H]2O)[C@H](O)[C@@H](O)[C@H]1O. The fraction of sp³-hybridized carbons (Fsp3) is 1.00. The summed E-state index contributed by atoms with van der Waals surface area (Å²) in [4.78, 5) is 0. The van der Waals surface area contributed by atoms with E-state index in [1.165, 1.54) is 0 Å². The highest BCUT2D eigenvalue weighted by Crippen LogP contribution is 2.31. The third-order valence-corrected chi connectivity index (χ3v) is 8.17. The molecule has 4 rings (SSSR count). The molecular formula is C24H42O21. The van der Waals surface area contributed by atoms with Gasteiger partial charge in [-0.2, -0.15) is 0 Å². The fourth-order valence-electron chi connectivity index (χ4n) is 5.33. The minimum atomic E-state index is -1.99. The Morgan fingerprint density at radius 2 is 0.778 bits per heavy atom. The van der Waals surface area contributed by atoms with Crippen molar-refractivity contribution in [3.8, 4) is 0 Å². The van der Waals surface area contributed by atoms with E-state index in [0.717, 1.165) is 0 Å². The molecule has 20 atom stereocenters. The van der Waals surface area contributed by atoms with Gasteiger partial charge in [0.2, 0.25) is 0 Å². The van der Waals surface area contributed by atoms with Crippen molar-refractivity contribution in [3.63, 3.8) is 0 Å². The molecule has 0 aromatic carbocycles. The lowest BCUT2D eigenvalue weighted by atomic mass is 9.96. The molecule has 4 aliphatic rings. The van der Waals surface area contributed by atoms with E-state index in [0.29, 0.717) is 0 Å². The van der Waals surface area contributed by atoms with E-state index in [2.05, 4.69) is 0 Å². The minimum Gasteiger partial charge on any atom is -0.394 e. The van der Waals surface area contributed by atoms with E-state index in [1.54, 1.807) is 0 Å². The number of hydrogen-bond acceptors (Lipinski definition) is 21. The molecule has 0 spiro atoms. The lowest BCUT2D eigenvalue weighted by molar-refractivity contribution is -0.368. The molecular weight excluding hydrogens is 624 g/mol. The van der Waals surface area contributed by atoms with Crippen molar-refractivity contribution < 1.29 is 105 Å². The molecule has 264 valence electrons. The van der Waals surface area contributed by atoms with Crippen LogP contribution < -0.4 is 0 Å². The summed E-state index contributed by atoms with van der Waals surface area (Å²) in [5.74, 6) is 0. The molecule has 0 radical (unpaired) electrons. The Labute approximate surface area is 254 Å². The van der Waals surface area contributed by atoms with Gasteiger partial charge in [-0.1, -0.05) is 0 Å². The molecule has 0 aromatic heterocycles. The summed E-state index contributed by atoms with van der Waals surface area (Å²) in [5, 5.41) is 141. The molecule has 4 heterocycles. The number of rotatable bonds is 10. The molecule has 4 aliphatic heterocycles. The fourth-order valence-corrected chi connectivity index (χ4v) is 5.33. The van der Waals surface area contributed by atoms with Crippen LogP contribution in [0, 0.1) is 0 Å². The largest absolute Gasteiger partial charge is 0.394 e. The second-order valence-electron chi connectivity index (χ2n) is 11.2. The van der Waals surface area contributed by atoms with Crippen molar-refractivity contribution in [1.29, 1.82) is 0 Å². The van der Waals surface area contributed by atoms with Gasteiger partial charge in [-0.15, -0.1) is 0 Å². The second-order valence-corrected chi connectivity index (χ2v) is 11.2. The Bertz CT molecular complexity index is 914. The molecule has 0 aliphatic carbocycles. The summed E-state index contributed by atoms with van der Waals surface area (Å²) in [6.07, 6.45) is -34.9.